The van der Waals surface area contributed by atoms with E-state index in [1.54, 1.807) is 0 Å². The van der Waals surface area contributed by atoms with Gasteiger partial charge in [0, 0.05) is 0 Å². The van der Waals surface area contributed by atoms with Crippen molar-refractivity contribution in [3.05, 3.63) is 48.5 Å². The quantitative estimate of drug-likeness (QED) is 0.429. The van der Waals surface area contributed by atoms with E-state index < -0.39 is 0 Å². The molecule has 0 atom stereocenters. The molecule has 2 aromatic heterocycles. The maximum Gasteiger partial charge on any atom is 0.220 e. The summed E-state index contributed by atoms with van der Waals surface area (Å²) in [5.74, 6) is 1.29. The van der Waals surface area contributed by atoms with Crippen molar-refractivity contribution in [3.8, 4) is 0 Å². The molecular formula is C14H12N6. The predicted octanol–water partition coefficient (Wildman–Crippen LogP) is 2.88. The van der Waals surface area contributed by atoms with Crippen LogP contribution in [0.25, 0.3) is 22.1 Å². The van der Waals surface area contributed by atoms with Crippen LogP contribution in [0.5, 0.6) is 0 Å². The largest absolute Gasteiger partial charge is 0.323 e. The number of anilines is 2. The minimum Gasteiger partial charge on any atom is -0.323 e. The van der Waals surface area contributed by atoms with Crippen LogP contribution < -0.4 is 10.9 Å². The van der Waals surface area contributed by atoms with Gasteiger partial charge in [-0.2, -0.15) is 0 Å². The number of nitrogens with zero attached hydrogens (tertiary/aromatic N) is 2. The van der Waals surface area contributed by atoms with Crippen molar-refractivity contribution in [2.24, 2.45) is 0 Å². The zero-order valence-corrected chi connectivity index (χ0v) is 10.5. The molecule has 20 heavy (non-hydrogen) atoms. The van der Waals surface area contributed by atoms with Crippen LogP contribution in [0.3, 0.4) is 0 Å². The van der Waals surface area contributed by atoms with Crippen molar-refractivity contribution in [2.75, 3.05) is 10.9 Å². The molecule has 0 bridgehead atoms. The smallest absolute Gasteiger partial charge is 0.220 e. The second-order valence-corrected chi connectivity index (χ2v) is 4.46. The zero-order chi connectivity index (χ0) is 13.4. The number of H-pyrrole nitrogens is 2. The molecule has 0 aliphatic rings. The van der Waals surface area contributed by atoms with Gasteiger partial charge in [0.05, 0.1) is 22.1 Å². The second kappa shape index (κ2) is 4.27. The van der Waals surface area contributed by atoms with E-state index in [4.69, 9.17) is 0 Å². The van der Waals surface area contributed by atoms with Crippen molar-refractivity contribution in [1.29, 1.82) is 0 Å². The molecule has 0 saturated heterocycles. The van der Waals surface area contributed by atoms with Crippen LogP contribution in [-0.4, -0.2) is 19.9 Å². The first-order chi connectivity index (χ1) is 9.88. The molecule has 0 saturated carbocycles. The number of aromatic amines is 2. The Morgan fingerprint density at radius 3 is 1.55 bits per heavy atom. The molecule has 6 heteroatoms. The summed E-state index contributed by atoms with van der Waals surface area (Å²) in [6, 6.07) is 15.7. The van der Waals surface area contributed by atoms with E-state index in [2.05, 4.69) is 30.8 Å². The van der Waals surface area contributed by atoms with Gasteiger partial charge in [-0.25, -0.2) is 9.97 Å². The van der Waals surface area contributed by atoms with Crippen LogP contribution in [0.2, 0.25) is 0 Å². The predicted molar refractivity (Wildman–Crippen MR) is 79.4 cm³/mol. The highest BCUT2D eigenvalue weighted by Crippen LogP contribution is 2.15. The molecule has 0 fully saturated rings. The molecule has 4 N–H and O–H groups in total. The molecule has 0 aliphatic carbocycles. The maximum absolute atomic E-state index is 4.41. The summed E-state index contributed by atoms with van der Waals surface area (Å²) in [5, 5.41) is 0. The highest BCUT2D eigenvalue weighted by Gasteiger charge is 2.03. The average molecular weight is 264 g/mol. The summed E-state index contributed by atoms with van der Waals surface area (Å²) < 4.78 is 0. The number of imidazole rings is 2. The molecule has 0 unspecified atom stereocenters. The SMILES string of the molecule is c1ccc2[nH]c(NNc3nc4ccccc4[nH]3)nc2c1. The van der Waals surface area contributed by atoms with E-state index in [9.17, 15) is 0 Å². The lowest BCUT2D eigenvalue weighted by atomic mass is 10.3. The maximum atomic E-state index is 4.41. The highest BCUT2D eigenvalue weighted by molar-refractivity contribution is 5.78. The fourth-order valence-electron chi connectivity index (χ4n) is 2.14. The topological polar surface area (TPSA) is 81.4 Å². The van der Waals surface area contributed by atoms with Gasteiger partial charge < -0.3 is 9.97 Å². The van der Waals surface area contributed by atoms with Gasteiger partial charge in [-0.1, -0.05) is 24.3 Å². The number of aromatic nitrogens is 4. The summed E-state index contributed by atoms with van der Waals surface area (Å²) in [4.78, 5) is 15.2. The van der Waals surface area contributed by atoms with E-state index in [0.717, 1.165) is 22.1 Å². The second-order valence-electron chi connectivity index (χ2n) is 4.46. The lowest BCUT2D eigenvalue weighted by Gasteiger charge is -2.01. The van der Waals surface area contributed by atoms with E-state index in [1.165, 1.54) is 0 Å². The van der Waals surface area contributed by atoms with Crippen LogP contribution in [0.15, 0.2) is 48.5 Å². The van der Waals surface area contributed by atoms with Gasteiger partial charge in [0.1, 0.15) is 0 Å². The van der Waals surface area contributed by atoms with Gasteiger partial charge in [0.2, 0.25) is 11.9 Å². The molecular weight excluding hydrogens is 252 g/mol. The lowest BCUT2D eigenvalue weighted by molar-refractivity contribution is 1.20. The lowest BCUT2D eigenvalue weighted by Crippen LogP contribution is -2.10. The third-order valence-electron chi connectivity index (χ3n) is 3.08. The van der Waals surface area contributed by atoms with Gasteiger partial charge >= 0.3 is 0 Å². The summed E-state index contributed by atoms with van der Waals surface area (Å²) in [7, 11) is 0. The minimum atomic E-state index is 0.645. The number of hydrazine groups is 1. The molecule has 0 spiro atoms. The number of nitrogens with one attached hydrogen (secondary N) is 4. The van der Waals surface area contributed by atoms with E-state index >= 15 is 0 Å². The van der Waals surface area contributed by atoms with E-state index in [0.29, 0.717) is 11.9 Å². The Hall–Kier alpha value is -3.02. The zero-order valence-electron chi connectivity index (χ0n) is 10.5. The highest BCUT2D eigenvalue weighted by atomic mass is 15.4. The average Bonchev–Trinajstić information content (AvgIpc) is 3.07. The van der Waals surface area contributed by atoms with Crippen molar-refractivity contribution in [2.45, 2.75) is 0 Å². The Labute approximate surface area is 114 Å². The van der Waals surface area contributed by atoms with E-state index in [1.807, 2.05) is 48.5 Å². The van der Waals surface area contributed by atoms with Gasteiger partial charge in [-0.3, -0.25) is 10.9 Å². The molecule has 0 aliphatic heterocycles. The molecule has 98 valence electrons. The standard InChI is InChI=1S/C14H12N6/c1-2-6-10-9(5-1)15-13(16-10)19-20-14-17-11-7-3-4-8-12(11)18-14/h1-8H,(H2,15,16,19)(H2,17,18,20). The Balaban J connectivity index is 1.57. The number of hydrogen-bond acceptors (Lipinski definition) is 4. The molecule has 4 rings (SSSR count). The van der Waals surface area contributed by atoms with Crippen LogP contribution in [0.1, 0.15) is 0 Å². The van der Waals surface area contributed by atoms with Gasteiger partial charge in [-0.05, 0) is 24.3 Å². The van der Waals surface area contributed by atoms with Crippen molar-refractivity contribution in [3.63, 3.8) is 0 Å². The van der Waals surface area contributed by atoms with E-state index in [-0.39, 0.29) is 0 Å². The minimum absolute atomic E-state index is 0.645. The third-order valence-corrected chi connectivity index (χ3v) is 3.08. The molecule has 6 nitrogen and oxygen atoms in total. The number of fused-ring (bicyclic) bond motifs is 2. The third kappa shape index (κ3) is 1.83. The normalized spacial score (nSPS) is 11.0. The van der Waals surface area contributed by atoms with Crippen LogP contribution in [-0.2, 0) is 0 Å². The fourth-order valence-corrected chi connectivity index (χ4v) is 2.14. The monoisotopic (exact) mass is 264 g/mol. The molecule has 0 amide bonds. The van der Waals surface area contributed by atoms with Crippen LogP contribution >= 0.6 is 0 Å². The van der Waals surface area contributed by atoms with Crippen molar-refractivity contribution >= 4 is 34.0 Å². The summed E-state index contributed by atoms with van der Waals surface area (Å²) in [6.45, 7) is 0. The number of hydrogen-bond donors (Lipinski definition) is 4. The number of para-hydroxylation sites is 4. The summed E-state index contributed by atoms with van der Waals surface area (Å²) >= 11 is 0. The van der Waals surface area contributed by atoms with Crippen LogP contribution in [0.4, 0.5) is 11.9 Å². The first-order valence-electron chi connectivity index (χ1n) is 6.30. The number of rotatable bonds is 3. The Kier molecular flexibility index (Phi) is 2.32. The fraction of sp³-hybridized carbons (Fsp3) is 0. The molecule has 0 radical (unpaired) electrons. The number of benzene rings is 2. The Morgan fingerprint density at radius 2 is 1.10 bits per heavy atom. The Morgan fingerprint density at radius 1 is 0.650 bits per heavy atom. The Bertz CT molecular complexity index is 735. The molecule has 2 heterocycles. The van der Waals surface area contributed by atoms with Gasteiger partial charge in [0.15, 0.2) is 0 Å². The summed E-state index contributed by atoms with van der Waals surface area (Å²) in [5.41, 5.74) is 9.81. The first kappa shape index (κ1) is 10.9. The van der Waals surface area contributed by atoms with Crippen molar-refractivity contribution < 1.29 is 0 Å². The summed E-state index contributed by atoms with van der Waals surface area (Å²) in [6.07, 6.45) is 0. The van der Waals surface area contributed by atoms with Gasteiger partial charge in [0.25, 0.3) is 0 Å². The first-order valence-corrected chi connectivity index (χ1v) is 6.30. The van der Waals surface area contributed by atoms with Crippen LogP contribution in [0, 0.1) is 0 Å². The molecule has 2 aromatic carbocycles. The molecule has 4 aromatic rings. The van der Waals surface area contributed by atoms with Crippen molar-refractivity contribution in [1.82, 2.24) is 19.9 Å². The van der Waals surface area contributed by atoms with Gasteiger partial charge in [-0.15, -0.1) is 0 Å².